The van der Waals surface area contributed by atoms with Crippen LogP contribution in [-0.4, -0.2) is 38.8 Å². The van der Waals surface area contributed by atoms with Gasteiger partial charge < -0.3 is 10.0 Å². The van der Waals surface area contributed by atoms with Gasteiger partial charge in [-0.15, -0.1) is 0 Å². The van der Waals surface area contributed by atoms with Crippen LogP contribution in [0.3, 0.4) is 0 Å². The average Bonchev–Trinajstić information content (AvgIpc) is 3.16. The SMILES string of the molecule is CC[C@@]1(C(=O)O)CCCN(c2c(C(C)C)c(C)nc3cc(-c4ccc(Cl)cc4)nn23)C1. The summed E-state index contributed by atoms with van der Waals surface area (Å²) in [5, 5.41) is 15.6. The molecule has 1 N–H and O–H groups in total. The minimum Gasteiger partial charge on any atom is -0.481 e. The summed E-state index contributed by atoms with van der Waals surface area (Å²) >= 11 is 6.05. The fraction of sp³-hybridized carbons (Fsp3) is 0.458. The number of rotatable bonds is 5. The van der Waals surface area contributed by atoms with Crippen LogP contribution in [0.25, 0.3) is 16.9 Å². The van der Waals surface area contributed by atoms with Crippen LogP contribution in [0, 0.1) is 12.3 Å². The third-order valence-corrected chi connectivity index (χ3v) is 6.78. The second-order valence-electron chi connectivity index (χ2n) is 8.86. The number of piperidine rings is 1. The molecule has 0 radical (unpaired) electrons. The first-order valence-corrected chi connectivity index (χ1v) is 11.3. The van der Waals surface area contributed by atoms with E-state index in [1.807, 2.05) is 48.7 Å². The Morgan fingerprint density at radius 1 is 1.29 bits per heavy atom. The third-order valence-electron chi connectivity index (χ3n) is 6.53. The zero-order valence-corrected chi connectivity index (χ0v) is 19.3. The number of carboxylic acid groups (broad SMARTS) is 1. The Kier molecular flexibility index (Phi) is 5.69. The topological polar surface area (TPSA) is 70.7 Å². The van der Waals surface area contributed by atoms with Crippen LogP contribution in [0.4, 0.5) is 5.82 Å². The molecular weight excluding hydrogens is 412 g/mol. The second-order valence-corrected chi connectivity index (χ2v) is 9.30. The van der Waals surface area contributed by atoms with Crippen LogP contribution >= 0.6 is 11.6 Å². The maximum atomic E-state index is 12.2. The first kappa shape index (κ1) is 21.6. The molecule has 0 unspecified atom stereocenters. The molecule has 7 heteroatoms. The van der Waals surface area contributed by atoms with Gasteiger partial charge in [0.25, 0.3) is 0 Å². The van der Waals surface area contributed by atoms with Gasteiger partial charge in [0.05, 0.1) is 11.1 Å². The molecule has 0 amide bonds. The van der Waals surface area contributed by atoms with E-state index in [4.69, 9.17) is 21.7 Å². The van der Waals surface area contributed by atoms with Crippen LogP contribution < -0.4 is 4.90 Å². The number of aliphatic carboxylic acids is 1. The molecular formula is C24H29ClN4O2. The van der Waals surface area contributed by atoms with E-state index in [9.17, 15) is 9.90 Å². The smallest absolute Gasteiger partial charge is 0.311 e. The van der Waals surface area contributed by atoms with Crippen LogP contribution in [0.15, 0.2) is 30.3 Å². The van der Waals surface area contributed by atoms with Crippen molar-refractivity contribution >= 4 is 29.0 Å². The maximum absolute atomic E-state index is 12.2. The Morgan fingerprint density at radius 3 is 2.61 bits per heavy atom. The zero-order chi connectivity index (χ0) is 22.3. The Hall–Kier alpha value is -2.60. The van der Waals surface area contributed by atoms with Crippen LogP contribution in [0.5, 0.6) is 0 Å². The quantitative estimate of drug-likeness (QED) is 0.562. The first-order valence-electron chi connectivity index (χ1n) is 10.9. The molecule has 31 heavy (non-hydrogen) atoms. The lowest BCUT2D eigenvalue weighted by atomic mass is 9.77. The normalized spacial score (nSPS) is 19.4. The highest BCUT2D eigenvalue weighted by Gasteiger charge is 2.42. The van der Waals surface area contributed by atoms with E-state index >= 15 is 0 Å². The molecule has 4 rings (SSSR count). The number of nitrogens with zero attached hydrogens (tertiary/aromatic N) is 4. The predicted octanol–water partition coefficient (Wildman–Crippen LogP) is 5.56. The lowest BCUT2D eigenvalue weighted by Crippen LogP contribution is -2.48. The molecule has 1 atom stereocenters. The minimum absolute atomic E-state index is 0.234. The Labute approximate surface area is 187 Å². The van der Waals surface area contributed by atoms with Gasteiger partial charge in [-0.25, -0.2) is 4.98 Å². The second kappa shape index (κ2) is 8.15. The van der Waals surface area contributed by atoms with E-state index in [1.165, 1.54) is 0 Å². The van der Waals surface area contributed by atoms with Crippen molar-refractivity contribution in [3.8, 4) is 11.3 Å². The Morgan fingerprint density at radius 2 is 2.00 bits per heavy atom. The fourth-order valence-electron chi connectivity index (χ4n) is 4.78. The summed E-state index contributed by atoms with van der Waals surface area (Å²) in [7, 11) is 0. The van der Waals surface area contributed by atoms with Gasteiger partial charge in [0.2, 0.25) is 0 Å². The first-order chi connectivity index (χ1) is 14.8. The highest BCUT2D eigenvalue weighted by molar-refractivity contribution is 6.30. The van der Waals surface area contributed by atoms with Crippen LogP contribution in [-0.2, 0) is 4.79 Å². The molecule has 0 bridgehead atoms. The average molecular weight is 441 g/mol. The van der Waals surface area contributed by atoms with E-state index in [0.717, 1.165) is 46.9 Å². The molecule has 0 spiro atoms. The number of carbonyl (C=O) groups is 1. The van der Waals surface area contributed by atoms with Gasteiger partial charge >= 0.3 is 5.97 Å². The molecule has 1 aliphatic rings. The summed E-state index contributed by atoms with van der Waals surface area (Å²) in [6.07, 6.45) is 2.15. The highest BCUT2D eigenvalue weighted by Crippen LogP contribution is 2.39. The van der Waals surface area contributed by atoms with Crippen LogP contribution in [0.2, 0.25) is 5.02 Å². The standard InChI is InChI=1S/C24H29ClN4O2/c1-5-24(23(30)31)11-6-12-28(14-24)22-21(15(2)3)16(4)26-20-13-19(27-29(20)22)17-7-9-18(25)10-8-17/h7-10,13,15H,5-6,11-12,14H2,1-4H3,(H,30,31)/t24-/m1/s1. The summed E-state index contributed by atoms with van der Waals surface area (Å²) < 4.78 is 1.90. The number of aromatic nitrogens is 3. The summed E-state index contributed by atoms with van der Waals surface area (Å²) in [6, 6.07) is 9.60. The van der Waals surface area contributed by atoms with Crippen molar-refractivity contribution in [1.29, 1.82) is 0 Å². The minimum atomic E-state index is -0.734. The van der Waals surface area contributed by atoms with E-state index in [1.54, 1.807) is 0 Å². The van der Waals surface area contributed by atoms with Gasteiger partial charge in [-0.3, -0.25) is 4.79 Å². The van der Waals surface area contributed by atoms with E-state index in [2.05, 4.69) is 18.7 Å². The molecule has 2 aromatic heterocycles. The lowest BCUT2D eigenvalue weighted by molar-refractivity contribution is -0.149. The van der Waals surface area contributed by atoms with Gasteiger partial charge in [-0.2, -0.15) is 9.61 Å². The van der Waals surface area contributed by atoms with Gasteiger partial charge in [0.1, 0.15) is 5.82 Å². The maximum Gasteiger partial charge on any atom is 0.311 e. The van der Waals surface area contributed by atoms with Gasteiger partial charge in [-0.1, -0.05) is 44.5 Å². The fourth-order valence-corrected chi connectivity index (χ4v) is 4.91. The molecule has 0 aliphatic carbocycles. The number of fused-ring (bicyclic) bond motifs is 1. The molecule has 3 heterocycles. The number of aryl methyl sites for hydroxylation is 1. The Bertz CT molecular complexity index is 1120. The number of benzene rings is 1. The molecule has 0 saturated carbocycles. The summed E-state index contributed by atoms with van der Waals surface area (Å²) in [4.78, 5) is 19.2. The van der Waals surface area contributed by atoms with Gasteiger partial charge in [-0.05, 0) is 44.2 Å². The summed E-state index contributed by atoms with van der Waals surface area (Å²) in [5.41, 5.74) is 3.91. The number of hydrogen-bond donors (Lipinski definition) is 1. The van der Waals surface area contributed by atoms with E-state index in [0.29, 0.717) is 24.4 Å². The predicted molar refractivity (Wildman–Crippen MR) is 124 cm³/mol. The highest BCUT2D eigenvalue weighted by atomic mass is 35.5. The van der Waals surface area contributed by atoms with Crippen molar-refractivity contribution in [2.75, 3.05) is 18.0 Å². The molecule has 3 aromatic rings. The number of anilines is 1. The Balaban J connectivity index is 1.90. The van der Waals surface area contributed by atoms with Crippen molar-refractivity contribution < 1.29 is 9.90 Å². The van der Waals surface area contributed by atoms with Crippen molar-refractivity contribution in [2.45, 2.75) is 52.9 Å². The van der Waals surface area contributed by atoms with Gasteiger partial charge in [0, 0.05) is 41.0 Å². The number of hydrogen-bond acceptors (Lipinski definition) is 4. The van der Waals surface area contributed by atoms with Crippen LogP contribution in [0.1, 0.15) is 57.2 Å². The monoisotopic (exact) mass is 440 g/mol. The van der Waals surface area contributed by atoms with Crippen molar-refractivity contribution in [3.63, 3.8) is 0 Å². The van der Waals surface area contributed by atoms with Crippen molar-refractivity contribution in [1.82, 2.24) is 14.6 Å². The molecule has 6 nitrogen and oxygen atoms in total. The largest absolute Gasteiger partial charge is 0.481 e. The molecule has 1 saturated heterocycles. The third kappa shape index (κ3) is 3.78. The number of halogens is 1. The summed E-state index contributed by atoms with van der Waals surface area (Å²) in [6.45, 7) is 9.59. The van der Waals surface area contributed by atoms with Crippen molar-refractivity contribution in [2.24, 2.45) is 5.41 Å². The summed E-state index contributed by atoms with van der Waals surface area (Å²) in [5.74, 6) is 0.490. The molecule has 1 aromatic carbocycles. The van der Waals surface area contributed by atoms with Crippen molar-refractivity contribution in [3.05, 3.63) is 46.6 Å². The molecule has 1 aliphatic heterocycles. The number of carboxylic acids is 1. The zero-order valence-electron chi connectivity index (χ0n) is 18.5. The van der Waals surface area contributed by atoms with E-state index < -0.39 is 11.4 Å². The van der Waals surface area contributed by atoms with Gasteiger partial charge in [0.15, 0.2) is 5.65 Å². The molecule has 1 fully saturated rings. The lowest BCUT2D eigenvalue weighted by Gasteiger charge is -2.41. The molecule has 164 valence electrons. The van der Waals surface area contributed by atoms with E-state index in [-0.39, 0.29) is 5.92 Å².